The lowest BCUT2D eigenvalue weighted by Crippen LogP contribution is -2.43. The molecular weight excluding hydrogens is 338 g/mol. The van der Waals surface area contributed by atoms with Crippen LogP contribution in [0.1, 0.15) is 18.9 Å². The molecule has 0 aromatic carbocycles. The second kappa shape index (κ2) is 9.51. The third-order valence-electron chi connectivity index (χ3n) is 4.63. The molecule has 3 atom stereocenters. The highest BCUT2D eigenvalue weighted by molar-refractivity contribution is 5.73. The molecule has 0 bridgehead atoms. The molecule has 1 fully saturated rings. The molecule has 0 aliphatic carbocycles. The van der Waals surface area contributed by atoms with Crippen LogP contribution in [0.2, 0.25) is 0 Å². The standard InChI is InChI=1S/C16H29N7O3/c1-10(4-17)8-23-9-12(21-15(25)18-2)3-13(23)7-19-5-11-6-20-16(26)22-14(11)24/h6,10,12-13,19H,3-5,7-9,17H2,1-2H3,(H2,18,21,25)(H2,20,22,24,26)/t10-,12+,13-/m0/s1. The Kier molecular flexibility index (Phi) is 7.37. The van der Waals surface area contributed by atoms with Gasteiger partial charge in [0.1, 0.15) is 0 Å². The highest BCUT2D eigenvalue weighted by Gasteiger charge is 2.33. The minimum Gasteiger partial charge on any atom is -0.341 e. The van der Waals surface area contributed by atoms with Gasteiger partial charge in [-0.05, 0) is 18.9 Å². The molecule has 26 heavy (non-hydrogen) atoms. The topological polar surface area (TPSA) is 148 Å². The van der Waals surface area contributed by atoms with Crippen LogP contribution >= 0.6 is 0 Å². The number of carbonyl (C=O) groups is 1. The lowest BCUT2D eigenvalue weighted by molar-refractivity contribution is 0.214. The normalized spacial score (nSPS) is 21.5. The van der Waals surface area contributed by atoms with Crippen LogP contribution in [-0.4, -0.2) is 66.2 Å². The fraction of sp³-hybridized carbons (Fsp3) is 0.688. The fourth-order valence-corrected chi connectivity index (χ4v) is 3.20. The first kappa shape index (κ1) is 20.1. The van der Waals surface area contributed by atoms with E-state index in [9.17, 15) is 14.4 Å². The smallest absolute Gasteiger partial charge is 0.325 e. The number of nitrogens with two attached hydrogens (primary N) is 1. The summed E-state index contributed by atoms with van der Waals surface area (Å²) in [6.45, 7) is 5.36. The van der Waals surface area contributed by atoms with E-state index in [1.54, 1.807) is 7.05 Å². The molecule has 7 N–H and O–H groups in total. The summed E-state index contributed by atoms with van der Waals surface area (Å²) < 4.78 is 0. The van der Waals surface area contributed by atoms with Crippen LogP contribution in [0, 0.1) is 5.92 Å². The first-order valence-corrected chi connectivity index (χ1v) is 8.86. The largest absolute Gasteiger partial charge is 0.341 e. The number of likely N-dealkylation sites (tertiary alicyclic amines) is 1. The van der Waals surface area contributed by atoms with Crippen molar-refractivity contribution in [2.45, 2.75) is 32.0 Å². The van der Waals surface area contributed by atoms with Gasteiger partial charge in [-0.3, -0.25) is 14.7 Å². The van der Waals surface area contributed by atoms with Gasteiger partial charge in [0.25, 0.3) is 5.56 Å². The van der Waals surface area contributed by atoms with E-state index in [1.165, 1.54) is 6.20 Å². The van der Waals surface area contributed by atoms with E-state index in [1.807, 2.05) is 0 Å². The fourth-order valence-electron chi connectivity index (χ4n) is 3.20. The quantitative estimate of drug-likeness (QED) is 0.317. The lowest BCUT2D eigenvalue weighted by Gasteiger charge is -2.27. The van der Waals surface area contributed by atoms with E-state index < -0.39 is 5.69 Å². The highest BCUT2D eigenvalue weighted by Crippen LogP contribution is 2.19. The summed E-state index contributed by atoms with van der Waals surface area (Å²) in [5.41, 5.74) is 5.32. The van der Waals surface area contributed by atoms with Crippen LogP contribution in [0.3, 0.4) is 0 Å². The second-order valence-electron chi connectivity index (χ2n) is 6.83. The maximum Gasteiger partial charge on any atom is 0.325 e. The van der Waals surface area contributed by atoms with E-state index in [0.717, 1.165) is 19.5 Å². The lowest BCUT2D eigenvalue weighted by atomic mass is 10.1. The summed E-state index contributed by atoms with van der Waals surface area (Å²) in [4.78, 5) is 41.4. The average molecular weight is 367 g/mol. The van der Waals surface area contributed by atoms with Crippen LogP contribution in [0.5, 0.6) is 0 Å². The maximum absolute atomic E-state index is 11.7. The molecule has 1 saturated heterocycles. The van der Waals surface area contributed by atoms with Gasteiger partial charge in [-0.1, -0.05) is 6.92 Å². The molecule has 0 radical (unpaired) electrons. The van der Waals surface area contributed by atoms with Crippen LogP contribution in [0.15, 0.2) is 15.8 Å². The van der Waals surface area contributed by atoms with Crippen molar-refractivity contribution in [2.75, 3.05) is 33.2 Å². The molecule has 1 aliphatic heterocycles. The van der Waals surface area contributed by atoms with Gasteiger partial charge in [0, 0.05) is 57.1 Å². The number of rotatable bonds is 8. The first-order valence-electron chi connectivity index (χ1n) is 8.86. The molecule has 1 aromatic rings. The summed E-state index contributed by atoms with van der Waals surface area (Å²) in [5, 5.41) is 8.81. The van der Waals surface area contributed by atoms with Gasteiger partial charge in [0.05, 0.1) is 0 Å². The predicted octanol–water partition coefficient (Wildman–Crippen LogP) is -1.88. The number of hydrogen-bond acceptors (Lipinski definition) is 6. The Morgan fingerprint density at radius 1 is 1.46 bits per heavy atom. The van der Waals surface area contributed by atoms with Crippen molar-refractivity contribution < 1.29 is 4.79 Å². The first-order chi connectivity index (χ1) is 12.4. The average Bonchev–Trinajstić information content (AvgIpc) is 2.97. The summed E-state index contributed by atoms with van der Waals surface area (Å²) in [6.07, 6.45) is 2.24. The number of aromatic amines is 2. The van der Waals surface area contributed by atoms with E-state index in [-0.39, 0.29) is 23.7 Å². The van der Waals surface area contributed by atoms with Crippen molar-refractivity contribution in [3.8, 4) is 0 Å². The number of carbonyl (C=O) groups excluding carboxylic acids is 1. The molecule has 2 rings (SSSR count). The SMILES string of the molecule is CNC(=O)N[C@@H]1C[C@@H](CNCc2c[nH]c(=O)[nH]c2=O)N(C[C@@H](C)CN)C1. The molecule has 2 heterocycles. The van der Waals surface area contributed by atoms with E-state index in [2.05, 4.69) is 37.7 Å². The Balaban J connectivity index is 1.93. The molecule has 0 spiro atoms. The zero-order valence-electron chi connectivity index (χ0n) is 15.3. The summed E-state index contributed by atoms with van der Waals surface area (Å²) in [6, 6.07) is 0.117. The van der Waals surface area contributed by atoms with Crippen molar-refractivity contribution in [2.24, 2.45) is 11.7 Å². The maximum atomic E-state index is 11.7. The summed E-state index contributed by atoms with van der Waals surface area (Å²) >= 11 is 0. The molecule has 10 nitrogen and oxygen atoms in total. The van der Waals surface area contributed by atoms with Gasteiger partial charge in [-0.2, -0.15) is 0 Å². The van der Waals surface area contributed by atoms with Crippen molar-refractivity contribution in [3.05, 3.63) is 32.6 Å². The van der Waals surface area contributed by atoms with Crippen molar-refractivity contribution in [3.63, 3.8) is 0 Å². The molecule has 0 saturated carbocycles. The van der Waals surface area contributed by atoms with Gasteiger partial charge in [-0.25, -0.2) is 9.59 Å². The minimum atomic E-state index is -0.514. The number of urea groups is 1. The molecule has 1 aliphatic rings. The van der Waals surface area contributed by atoms with Crippen LogP contribution in [0.25, 0.3) is 0 Å². The predicted molar refractivity (Wildman–Crippen MR) is 99.0 cm³/mol. The van der Waals surface area contributed by atoms with Gasteiger partial charge in [0.2, 0.25) is 0 Å². The van der Waals surface area contributed by atoms with Crippen LogP contribution in [-0.2, 0) is 6.54 Å². The molecule has 10 heteroatoms. The highest BCUT2D eigenvalue weighted by atomic mass is 16.2. The Bertz CT molecular complexity index is 702. The number of nitrogens with zero attached hydrogens (tertiary/aromatic N) is 1. The number of nitrogens with one attached hydrogen (secondary N) is 5. The zero-order chi connectivity index (χ0) is 19.1. The number of amides is 2. The summed E-state index contributed by atoms with van der Waals surface area (Å²) in [7, 11) is 1.60. The molecule has 0 unspecified atom stereocenters. The Labute approximate surface area is 151 Å². The summed E-state index contributed by atoms with van der Waals surface area (Å²) in [5.74, 6) is 0.360. The van der Waals surface area contributed by atoms with E-state index >= 15 is 0 Å². The third-order valence-corrected chi connectivity index (χ3v) is 4.63. The Morgan fingerprint density at radius 2 is 2.23 bits per heavy atom. The van der Waals surface area contributed by atoms with Crippen molar-refractivity contribution in [1.29, 1.82) is 0 Å². The molecule has 2 amide bonds. The van der Waals surface area contributed by atoms with Crippen LogP contribution in [0.4, 0.5) is 4.79 Å². The van der Waals surface area contributed by atoms with Gasteiger partial charge >= 0.3 is 11.7 Å². The van der Waals surface area contributed by atoms with Gasteiger partial charge < -0.3 is 26.7 Å². The molecular formula is C16H29N7O3. The second-order valence-corrected chi connectivity index (χ2v) is 6.83. The van der Waals surface area contributed by atoms with E-state index in [4.69, 9.17) is 5.73 Å². The Hall–Kier alpha value is -2.17. The van der Waals surface area contributed by atoms with Crippen molar-refractivity contribution in [1.82, 2.24) is 30.8 Å². The number of aromatic nitrogens is 2. The molecule has 1 aromatic heterocycles. The number of hydrogen-bond donors (Lipinski definition) is 6. The van der Waals surface area contributed by atoms with Crippen LogP contribution < -0.4 is 32.9 Å². The van der Waals surface area contributed by atoms with Gasteiger partial charge in [-0.15, -0.1) is 0 Å². The third kappa shape index (κ3) is 5.68. The zero-order valence-corrected chi connectivity index (χ0v) is 15.3. The van der Waals surface area contributed by atoms with Crippen molar-refractivity contribution >= 4 is 6.03 Å². The monoisotopic (exact) mass is 367 g/mol. The Morgan fingerprint density at radius 3 is 2.88 bits per heavy atom. The van der Waals surface area contributed by atoms with E-state index in [0.29, 0.717) is 31.1 Å². The number of H-pyrrole nitrogens is 2. The minimum absolute atomic E-state index is 0.0724. The van der Waals surface area contributed by atoms with Gasteiger partial charge in [0.15, 0.2) is 0 Å². The molecule has 146 valence electrons.